The number of fused-ring (bicyclic) bond motifs is 1. The van der Waals surface area contributed by atoms with E-state index in [-0.39, 0.29) is 11.8 Å². The summed E-state index contributed by atoms with van der Waals surface area (Å²) in [5.41, 5.74) is 0.941. The summed E-state index contributed by atoms with van der Waals surface area (Å²) in [5.74, 6) is -0.751. The number of carboxylic acids is 1. The summed E-state index contributed by atoms with van der Waals surface area (Å²) in [6.07, 6.45) is 1.63. The predicted molar refractivity (Wildman–Crippen MR) is 90.8 cm³/mol. The van der Waals surface area contributed by atoms with Gasteiger partial charge in [-0.2, -0.15) is 0 Å². The van der Waals surface area contributed by atoms with Crippen molar-refractivity contribution in [3.8, 4) is 5.75 Å². The van der Waals surface area contributed by atoms with Gasteiger partial charge in [0.1, 0.15) is 5.75 Å². The molecule has 1 aliphatic rings. The standard InChI is InChI=1S/C19H21NO4/c1-24-17-9-8-12-4-2-3-5-15(12)16(17)11-20-18(21)13-6-7-14(10-13)19(22)23/h2-5,8-9,13-14H,6-7,10-11H2,1H3,(H,20,21)(H,22,23)/t13-,14+/m1/s1. The first-order valence-corrected chi connectivity index (χ1v) is 8.15. The summed E-state index contributed by atoms with van der Waals surface area (Å²) in [6.45, 7) is 0.373. The minimum atomic E-state index is -0.805. The van der Waals surface area contributed by atoms with E-state index in [2.05, 4.69) is 5.32 Å². The second-order valence-corrected chi connectivity index (χ2v) is 6.23. The van der Waals surface area contributed by atoms with E-state index in [1.165, 1.54) is 0 Å². The Morgan fingerprint density at radius 3 is 2.62 bits per heavy atom. The van der Waals surface area contributed by atoms with Gasteiger partial charge in [-0.1, -0.05) is 30.3 Å². The molecule has 0 aliphatic heterocycles. The lowest BCUT2D eigenvalue weighted by atomic mass is 10.0. The van der Waals surface area contributed by atoms with Gasteiger partial charge in [-0.15, -0.1) is 0 Å². The second kappa shape index (κ2) is 6.91. The van der Waals surface area contributed by atoms with Crippen molar-refractivity contribution in [2.45, 2.75) is 25.8 Å². The SMILES string of the molecule is COc1ccc2ccccc2c1CNC(=O)[C@@H]1CC[C@H](C(=O)O)C1. The number of amides is 1. The van der Waals surface area contributed by atoms with E-state index in [4.69, 9.17) is 9.84 Å². The predicted octanol–water partition coefficient (Wildman–Crippen LogP) is 2.97. The fourth-order valence-corrected chi connectivity index (χ4v) is 3.45. The molecule has 24 heavy (non-hydrogen) atoms. The van der Waals surface area contributed by atoms with Gasteiger partial charge < -0.3 is 15.2 Å². The Morgan fingerprint density at radius 1 is 1.17 bits per heavy atom. The summed E-state index contributed by atoms with van der Waals surface area (Å²) >= 11 is 0. The normalized spacial score (nSPS) is 20.0. The molecular formula is C19H21NO4. The zero-order chi connectivity index (χ0) is 17.1. The average molecular weight is 327 g/mol. The molecule has 5 nitrogen and oxygen atoms in total. The van der Waals surface area contributed by atoms with Gasteiger partial charge >= 0.3 is 5.97 Å². The van der Waals surface area contributed by atoms with Crippen LogP contribution in [0.25, 0.3) is 10.8 Å². The number of carboxylic acid groups (broad SMARTS) is 1. The number of ether oxygens (including phenoxy) is 1. The van der Waals surface area contributed by atoms with Crippen LogP contribution >= 0.6 is 0 Å². The number of hydrogen-bond donors (Lipinski definition) is 2. The van der Waals surface area contributed by atoms with Crippen LogP contribution in [0.4, 0.5) is 0 Å². The maximum absolute atomic E-state index is 12.4. The summed E-state index contributed by atoms with van der Waals surface area (Å²) < 4.78 is 5.43. The number of hydrogen-bond acceptors (Lipinski definition) is 3. The van der Waals surface area contributed by atoms with Gasteiger partial charge in [-0.3, -0.25) is 9.59 Å². The Kier molecular flexibility index (Phi) is 4.69. The van der Waals surface area contributed by atoms with Crippen molar-refractivity contribution < 1.29 is 19.4 Å². The molecule has 2 atom stereocenters. The minimum Gasteiger partial charge on any atom is -0.496 e. The van der Waals surface area contributed by atoms with Crippen LogP contribution in [-0.2, 0) is 16.1 Å². The lowest BCUT2D eigenvalue weighted by molar-refractivity contribution is -0.141. The monoisotopic (exact) mass is 327 g/mol. The first-order chi connectivity index (χ1) is 11.6. The first-order valence-electron chi connectivity index (χ1n) is 8.15. The van der Waals surface area contributed by atoms with Gasteiger partial charge in [-0.05, 0) is 36.1 Å². The molecule has 0 radical (unpaired) electrons. The Labute approximate surface area is 140 Å². The van der Waals surface area contributed by atoms with Crippen molar-refractivity contribution in [1.82, 2.24) is 5.32 Å². The molecule has 1 fully saturated rings. The van der Waals surface area contributed by atoms with Gasteiger partial charge in [0.05, 0.1) is 13.0 Å². The van der Waals surface area contributed by atoms with Gasteiger partial charge in [0.2, 0.25) is 5.91 Å². The molecule has 0 aromatic heterocycles. The van der Waals surface area contributed by atoms with Gasteiger partial charge in [0, 0.05) is 18.0 Å². The van der Waals surface area contributed by atoms with Crippen LogP contribution in [-0.4, -0.2) is 24.1 Å². The Morgan fingerprint density at radius 2 is 1.92 bits per heavy atom. The molecule has 0 saturated heterocycles. The van der Waals surface area contributed by atoms with E-state index in [0.29, 0.717) is 25.8 Å². The van der Waals surface area contributed by atoms with Crippen LogP contribution in [0.15, 0.2) is 36.4 Å². The van der Waals surface area contributed by atoms with Crippen molar-refractivity contribution >= 4 is 22.6 Å². The zero-order valence-corrected chi connectivity index (χ0v) is 13.6. The Bertz CT molecular complexity index is 771. The van der Waals surface area contributed by atoms with Gasteiger partial charge in [0.15, 0.2) is 0 Å². The summed E-state index contributed by atoms with van der Waals surface area (Å²) in [5, 5.41) is 14.2. The zero-order valence-electron chi connectivity index (χ0n) is 13.6. The maximum atomic E-state index is 12.4. The summed E-state index contributed by atoms with van der Waals surface area (Å²) in [4.78, 5) is 23.4. The largest absolute Gasteiger partial charge is 0.496 e. The molecule has 5 heteroatoms. The van der Waals surface area contributed by atoms with E-state index in [1.54, 1.807) is 7.11 Å². The van der Waals surface area contributed by atoms with Crippen LogP contribution in [0, 0.1) is 11.8 Å². The van der Waals surface area contributed by atoms with Gasteiger partial charge in [0.25, 0.3) is 0 Å². The quantitative estimate of drug-likeness (QED) is 0.885. The number of nitrogens with one attached hydrogen (secondary N) is 1. The second-order valence-electron chi connectivity index (χ2n) is 6.23. The highest BCUT2D eigenvalue weighted by Crippen LogP contribution is 2.32. The van der Waals surface area contributed by atoms with Crippen molar-refractivity contribution in [3.05, 3.63) is 42.0 Å². The third kappa shape index (κ3) is 3.20. The van der Waals surface area contributed by atoms with Crippen LogP contribution in [0.3, 0.4) is 0 Å². The molecule has 1 saturated carbocycles. The Balaban J connectivity index is 1.74. The summed E-state index contributed by atoms with van der Waals surface area (Å²) in [6, 6.07) is 11.9. The molecule has 1 aliphatic carbocycles. The van der Waals surface area contributed by atoms with Crippen molar-refractivity contribution in [3.63, 3.8) is 0 Å². The van der Waals surface area contributed by atoms with E-state index >= 15 is 0 Å². The maximum Gasteiger partial charge on any atom is 0.306 e. The molecule has 2 aromatic rings. The van der Waals surface area contributed by atoms with E-state index in [9.17, 15) is 9.59 Å². The molecule has 0 bridgehead atoms. The molecule has 3 rings (SSSR count). The third-order valence-electron chi connectivity index (χ3n) is 4.81. The summed E-state index contributed by atoms with van der Waals surface area (Å²) in [7, 11) is 1.61. The van der Waals surface area contributed by atoms with Crippen LogP contribution < -0.4 is 10.1 Å². The van der Waals surface area contributed by atoms with E-state index < -0.39 is 11.9 Å². The lowest BCUT2D eigenvalue weighted by Crippen LogP contribution is -2.29. The average Bonchev–Trinajstić information content (AvgIpc) is 3.09. The smallest absolute Gasteiger partial charge is 0.306 e. The molecular weight excluding hydrogens is 306 g/mol. The molecule has 2 N–H and O–H groups in total. The fourth-order valence-electron chi connectivity index (χ4n) is 3.45. The van der Waals surface area contributed by atoms with E-state index in [1.807, 2.05) is 36.4 Å². The highest BCUT2D eigenvalue weighted by molar-refractivity contribution is 5.88. The van der Waals surface area contributed by atoms with Crippen LogP contribution in [0.1, 0.15) is 24.8 Å². The van der Waals surface area contributed by atoms with E-state index in [0.717, 1.165) is 22.1 Å². The highest BCUT2D eigenvalue weighted by Gasteiger charge is 2.33. The van der Waals surface area contributed by atoms with Crippen molar-refractivity contribution in [2.75, 3.05) is 7.11 Å². The number of aliphatic carboxylic acids is 1. The molecule has 1 amide bonds. The Hall–Kier alpha value is -2.56. The first kappa shape index (κ1) is 16.3. The third-order valence-corrected chi connectivity index (χ3v) is 4.81. The number of benzene rings is 2. The number of carbonyl (C=O) groups is 2. The fraction of sp³-hybridized carbons (Fsp3) is 0.368. The molecule has 2 aromatic carbocycles. The van der Waals surface area contributed by atoms with Crippen LogP contribution in [0.5, 0.6) is 5.75 Å². The van der Waals surface area contributed by atoms with Crippen molar-refractivity contribution in [2.24, 2.45) is 11.8 Å². The lowest BCUT2D eigenvalue weighted by Gasteiger charge is -2.15. The number of methoxy groups -OCH3 is 1. The number of carbonyl (C=O) groups excluding carboxylic acids is 1. The minimum absolute atomic E-state index is 0.0752. The highest BCUT2D eigenvalue weighted by atomic mass is 16.5. The molecule has 0 unspecified atom stereocenters. The van der Waals surface area contributed by atoms with Crippen LogP contribution in [0.2, 0.25) is 0 Å². The molecule has 0 heterocycles. The molecule has 126 valence electrons. The van der Waals surface area contributed by atoms with Crippen molar-refractivity contribution in [1.29, 1.82) is 0 Å². The topological polar surface area (TPSA) is 75.6 Å². The molecule has 0 spiro atoms. The number of rotatable bonds is 5. The van der Waals surface area contributed by atoms with Gasteiger partial charge in [-0.25, -0.2) is 0 Å².